The van der Waals surface area contributed by atoms with E-state index in [4.69, 9.17) is 0 Å². The first kappa shape index (κ1) is 10.6. The molecule has 1 rings (SSSR count). The molecule has 78 valence electrons. The third kappa shape index (κ3) is 2.75. The van der Waals surface area contributed by atoms with E-state index in [9.17, 15) is 22.8 Å². The van der Waals surface area contributed by atoms with E-state index in [-0.39, 0.29) is 4.73 Å². The van der Waals surface area contributed by atoms with Crippen LogP contribution in [0.5, 0.6) is 5.75 Å². The molecule has 1 aromatic rings. The molecule has 0 saturated heterocycles. The second-order valence-corrected chi connectivity index (χ2v) is 2.38. The third-order valence-electron chi connectivity index (χ3n) is 1.24. The molecule has 14 heavy (non-hydrogen) atoms. The third-order valence-corrected chi connectivity index (χ3v) is 1.24. The smallest absolute Gasteiger partial charge is 0.457 e. The maximum Gasteiger partial charge on any atom is 0.457 e. The standard InChI is InChI=1S/C7H5F4NO2/c8-6(7(9,10)11)14-5-2-1-3-12(13)4-5/h1-4,6H. The van der Waals surface area contributed by atoms with Gasteiger partial charge in [0.2, 0.25) is 6.20 Å². The van der Waals surface area contributed by atoms with Crippen molar-refractivity contribution in [3.05, 3.63) is 29.7 Å². The van der Waals surface area contributed by atoms with E-state index in [1.165, 1.54) is 0 Å². The molecule has 1 atom stereocenters. The molecule has 0 aliphatic heterocycles. The molecule has 0 N–H and O–H groups in total. The molecule has 0 aromatic carbocycles. The van der Waals surface area contributed by atoms with Crippen LogP contribution in [0, 0.1) is 5.21 Å². The van der Waals surface area contributed by atoms with Crippen molar-refractivity contribution in [1.82, 2.24) is 0 Å². The monoisotopic (exact) mass is 211 g/mol. The van der Waals surface area contributed by atoms with Gasteiger partial charge in [-0.3, -0.25) is 0 Å². The predicted octanol–water partition coefficient (Wildman–Crippen LogP) is 1.56. The lowest BCUT2D eigenvalue weighted by Gasteiger charge is -2.13. The Morgan fingerprint density at radius 3 is 2.57 bits per heavy atom. The molecule has 1 aromatic heterocycles. The number of nitrogens with zero attached hydrogens (tertiary/aromatic N) is 1. The normalized spacial score (nSPS) is 13.7. The van der Waals surface area contributed by atoms with Gasteiger partial charge in [0.1, 0.15) is 0 Å². The van der Waals surface area contributed by atoms with Crippen molar-refractivity contribution < 1.29 is 27.0 Å². The van der Waals surface area contributed by atoms with Crippen LogP contribution in [-0.4, -0.2) is 12.5 Å². The van der Waals surface area contributed by atoms with Gasteiger partial charge in [-0.1, -0.05) is 0 Å². The van der Waals surface area contributed by atoms with Gasteiger partial charge in [0.15, 0.2) is 11.9 Å². The van der Waals surface area contributed by atoms with Crippen LogP contribution < -0.4 is 9.47 Å². The predicted molar refractivity (Wildman–Crippen MR) is 37.0 cm³/mol. The van der Waals surface area contributed by atoms with Gasteiger partial charge in [0, 0.05) is 6.07 Å². The molecular formula is C7H5F4NO2. The zero-order valence-electron chi connectivity index (χ0n) is 6.66. The van der Waals surface area contributed by atoms with Crippen molar-refractivity contribution in [1.29, 1.82) is 0 Å². The molecule has 0 radical (unpaired) electrons. The van der Waals surface area contributed by atoms with Crippen LogP contribution in [-0.2, 0) is 0 Å². The Bertz CT molecular complexity index is 315. The number of alkyl halides is 4. The maximum absolute atomic E-state index is 12.3. The minimum absolute atomic E-state index is 0.207. The van der Waals surface area contributed by atoms with Gasteiger partial charge in [0.25, 0.3) is 0 Å². The lowest BCUT2D eigenvalue weighted by atomic mass is 10.4. The van der Waals surface area contributed by atoms with Crippen molar-refractivity contribution >= 4 is 0 Å². The zero-order valence-corrected chi connectivity index (χ0v) is 6.66. The summed E-state index contributed by atoms with van der Waals surface area (Å²) in [4.78, 5) is 0. The van der Waals surface area contributed by atoms with Crippen molar-refractivity contribution in [3.8, 4) is 5.75 Å². The molecule has 0 aliphatic rings. The van der Waals surface area contributed by atoms with Crippen LogP contribution in [0.15, 0.2) is 24.5 Å². The van der Waals surface area contributed by atoms with E-state index in [1.54, 1.807) is 0 Å². The molecule has 0 aliphatic carbocycles. The van der Waals surface area contributed by atoms with Crippen LogP contribution in [0.4, 0.5) is 17.6 Å². The van der Waals surface area contributed by atoms with Crippen LogP contribution in [0.25, 0.3) is 0 Å². The summed E-state index contributed by atoms with van der Waals surface area (Å²) >= 11 is 0. The molecular weight excluding hydrogens is 206 g/mol. The van der Waals surface area contributed by atoms with Gasteiger partial charge in [-0.05, 0) is 6.07 Å². The van der Waals surface area contributed by atoms with Gasteiger partial charge in [0.05, 0.1) is 0 Å². The Balaban J connectivity index is 2.70. The summed E-state index contributed by atoms with van der Waals surface area (Å²) in [6.07, 6.45) is -6.79. The number of ether oxygens (including phenoxy) is 1. The molecule has 0 saturated carbocycles. The number of pyridine rings is 1. The lowest BCUT2D eigenvalue weighted by molar-refractivity contribution is -0.606. The Morgan fingerprint density at radius 2 is 2.07 bits per heavy atom. The second-order valence-electron chi connectivity index (χ2n) is 2.38. The second kappa shape index (κ2) is 3.69. The highest BCUT2D eigenvalue weighted by molar-refractivity contribution is 5.13. The van der Waals surface area contributed by atoms with Crippen LogP contribution >= 0.6 is 0 Å². The zero-order chi connectivity index (χ0) is 10.8. The average molecular weight is 211 g/mol. The summed E-state index contributed by atoms with van der Waals surface area (Å²) in [5, 5.41) is 10.6. The van der Waals surface area contributed by atoms with Gasteiger partial charge in [-0.25, -0.2) is 0 Å². The number of aromatic nitrogens is 1. The highest BCUT2D eigenvalue weighted by atomic mass is 19.4. The van der Waals surface area contributed by atoms with Gasteiger partial charge >= 0.3 is 12.5 Å². The van der Waals surface area contributed by atoms with E-state index in [0.29, 0.717) is 6.20 Å². The lowest BCUT2D eigenvalue weighted by Crippen LogP contribution is -2.31. The summed E-state index contributed by atoms with van der Waals surface area (Å²) in [7, 11) is 0. The van der Waals surface area contributed by atoms with Crippen LogP contribution in [0.3, 0.4) is 0 Å². The molecule has 3 nitrogen and oxygen atoms in total. The molecule has 1 heterocycles. The first-order valence-corrected chi connectivity index (χ1v) is 3.46. The fraction of sp³-hybridized carbons (Fsp3) is 0.286. The maximum atomic E-state index is 12.3. The summed E-state index contributed by atoms with van der Waals surface area (Å²) < 4.78 is 51.3. The van der Waals surface area contributed by atoms with E-state index in [2.05, 4.69) is 4.74 Å². The first-order chi connectivity index (χ1) is 6.39. The Labute approximate surface area is 76.1 Å². The van der Waals surface area contributed by atoms with Crippen molar-refractivity contribution in [2.45, 2.75) is 12.5 Å². The van der Waals surface area contributed by atoms with E-state index in [1.807, 2.05) is 0 Å². The van der Waals surface area contributed by atoms with Crippen molar-refractivity contribution in [2.24, 2.45) is 0 Å². The van der Waals surface area contributed by atoms with Gasteiger partial charge in [-0.2, -0.15) is 22.3 Å². The summed E-state index contributed by atoms with van der Waals surface area (Å²) in [6.45, 7) is 0. The van der Waals surface area contributed by atoms with E-state index >= 15 is 0 Å². The number of rotatable bonds is 2. The average Bonchev–Trinajstić information content (AvgIpc) is 2.02. The minimum atomic E-state index is -5.09. The van der Waals surface area contributed by atoms with E-state index in [0.717, 1.165) is 18.3 Å². The number of hydrogen-bond donors (Lipinski definition) is 0. The highest BCUT2D eigenvalue weighted by Crippen LogP contribution is 2.25. The van der Waals surface area contributed by atoms with Gasteiger partial charge in [-0.15, -0.1) is 0 Å². The molecule has 0 fully saturated rings. The fourth-order valence-electron chi connectivity index (χ4n) is 0.690. The van der Waals surface area contributed by atoms with Crippen molar-refractivity contribution in [3.63, 3.8) is 0 Å². The SMILES string of the molecule is [O-][n+]1cccc(OC(F)C(F)(F)F)c1. The van der Waals surface area contributed by atoms with Crippen LogP contribution in [0.1, 0.15) is 0 Å². The molecule has 0 spiro atoms. The Hall–Kier alpha value is -1.53. The molecule has 1 unspecified atom stereocenters. The Morgan fingerprint density at radius 1 is 1.43 bits per heavy atom. The molecule has 7 heteroatoms. The summed E-state index contributed by atoms with van der Waals surface area (Å²) in [5.74, 6) is -0.479. The molecule has 0 bridgehead atoms. The highest BCUT2D eigenvalue weighted by Gasteiger charge is 2.42. The topological polar surface area (TPSA) is 36.2 Å². The van der Waals surface area contributed by atoms with E-state index < -0.39 is 18.3 Å². The first-order valence-electron chi connectivity index (χ1n) is 3.46. The van der Waals surface area contributed by atoms with Gasteiger partial charge < -0.3 is 9.94 Å². The summed E-state index contributed by atoms with van der Waals surface area (Å²) in [5.41, 5.74) is 0. The summed E-state index contributed by atoms with van der Waals surface area (Å²) in [6, 6.07) is 2.19. The molecule has 0 amide bonds. The fourth-order valence-corrected chi connectivity index (χ4v) is 0.690. The largest absolute Gasteiger partial charge is 0.619 e. The van der Waals surface area contributed by atoms with Crippen LogP contribution in [0.2, 0.25) is 0 Å². The Kier molecular flexibility index (Phi) is 2.78. The van der Waals surface area contributed by atoms with Crippen molar-refractivity contribution in [2.75, 3.05) is 0 Å². The minimum Gasteiger partial charge on any atom is -0.619 e. The number of halogens is 4. The number of hydrogen-bond acceptors (Lipinski definition) is 2. The quantitative estimate of drug-likeness (QED) is 0.422.